The Morgan fingerprint density at radius 1 is 1.11 bits per heavy atom. The molecule has 0 bridgehead atoms. The van der Waals surface area contributed by atoms with Gasteiger partial charge in [-0.15, -0.1) is 0 Å². The van der Waals surface area contributed by atoms with Crippen LogP contribution in [-0.2, 0) is 22.7 Å². The van der Waals surface area contributed by atoms with Crippen molar-refractivity contribution < 1.29 is 13.8 Å². The number of hydrogen-bond acceptors (Lipinski definition) is 5. The van der Waals surface area contributed by atoms with Gasteiger partial charge in [-0.25, -0.2) is 8.99 Å². The minimum Gasteiger partial charge on any atom is -0.331 e. The summed E-state index contributed by atoms with van der Waals surface area (Å²) in [5.74, 6) is -0.310. The maximum atomic E-state index is 13.9. The van der Waals surface area contributed by atoms with Gasteiger partial charge < -0.3 is 9.80 Å². The highest BCUT2D eigenvalue weighted by atomic mass is 35.5. The van der Waals surface area contributed by atoms with Crippen LogP contribution < -0.4 is 0 Å². The average molecular weight is 575 g/mol. The number of nitrogens with one attached hydrogen (secondary N) is 1. The van der Waals surface area contributed by atoms with Crippen LogP contribution in [0.15, 0.2) is 47.4 Å². The van der Waals surface area contributed by atoms with E-state index in [1.54, 1.807) is 35.2 Å². The molecule has 2 aliphatic rings. The molecule has 1 N–H and O–H groups in total. The highest BCUT2D eigenvalue weighted by Gasteiger charge is 2.40. The summed E-state index contributed by atoms with van der Waals surface area (Å²) in [7, 11) is -2.81. The van der Waals surface area contributed by atoms with Gasteiger partial charge in [-0.05, 0) is 56.7 Å². The van der Waals surface area contributed by atoms with Gasteiger partial charge in [0.1, 0.15) is 5.69 Å². The van der Waals surface area contributed by atoms with Gasteiger partial charge in [-0.3, -0.25) is 14.3 Å². The molecule has 3 aromatic rings. The van der Waals surface area contributed by atoms with Crippen LogP contribution in [0.3, 0.4) is 0 Å². The molecule has 5 rings (SSSR count). The van der Waals surface area contributed by atoms with Gasteiger partial charge in [0.2, 0.25) is 0 Å². The van der Waals surface area contributed by atoms with E-state index in [0.717, 1.165) is 16.8 Å². The molecule has 8 nitrogen and oxygen atoms in total. The Balaban J connectivity index is 1.46. The van der Waals surface area contributed by atoms with E-state index in [-0.39, 0.29) is 36.5 Å². The van der Waals surface area contributed by atoms with E-state index in [1.807, 2.05) is 42.5 Å². The van der Waals surface area contributed by atoms with Gasteiger partial charge >= 0.3 is 0 Å². The topological polar surface area (TPSA) is 99.4 Å². The number of aromatic nitrogens is 2. The Morgan fingerprint density at radius 2 is 1.79 bits per heavy atom. The largest absolute Gasteiger partial charge is 0.331 e. The van der Waals surface area contributed by atoms with Crippen LogP contribution >= 0.6 is 23.2 Å². The zero-order valence-corrected chi connectivity index (χ0v) is 23.9. The van der Waals surface area contributed by atoms with E-state index in [9.17, 15) is 13.8 Å². The second kappa shape index (κ2) is 9.70. The Hall–Kier alpha value is -2.88. The monoisotopic (exact) mass is 573 g/mol. The lowest BCUT2D eigenvalue weighted by Gasteiger charge is -2.37. The molecule has 0 saturated carbocycles. The van der Waals surface area contributed by atoms with Gasteiger partial charge in [0.15, 0.2) is 0 Å². The summed E-state index contributed by atoms with van der Waals surface area (Å²) >= 11 is 12.2. The van der Waals surface area contributed by atoms with Crippen LogP contribution in [0.1, 0.15) is 70.5 Å². The molecule has 0 saturated heterocycles. The number of hydrogen-bond donors (Lipinski definition) is 1. The molecule has 200 valence electrons. The Bertz CT molecular complexity index is 1550. The molecular formula is C27H29Cl2N5O3S. The molecule has 0 aliphatic carbocycles. The number of carbonyl (C=O) groups is 2. The van der Waals surface area contributed by atoms with Crippen LogP contribution in [-0.4, -0.2) is 54.4 Å². The first-order valence-electron chi connectivity index (χ1n) is 12.4. The molecule has 0 unspecified atom stereocenters. The zero-order chi connectivity index (χ0) is 27.5. The quantitative estimate of drug-likeness (QED) is 0.439. The Labute approximate surface area is 232 Å². The van der Waals surface area contributed by atoms with Crippen LogP contribution in [0.5, 0.6) is 0 Å². The van der Waals surface area contributed by atoms with Gasteiger partial charge in [0.25, 0.3) is 11.8 Å². The number of fused-ring (bicyclic) bond motifs is 3. The van der Waals surface area contributed by atoms with E-state index in [2.05, 4.69) is 0 Å². The van der Waals surface area contributed by atoms with Gasteiger partial charge in [0.05, 0.1) is 44.1 Å². The predicted octanol–water partition coefficient (Wildman–Crippen LogP) is 5.59. The number of rotatable bonds is 4. The molecule has 38 heavy (non-hydrogen) atoms. The fourth-order valence-electron chi connectivity index (χ4n) is 5.28. The number of nitrogens with zero attached hydrogens (tertiary/aromatic N) is 4. The third kappa shape index (κ3) is 4.61. The van der Waals surface area contributed by atoms with Crippen molar-refractivity contribution in [3.8, 4) is 0 Å². The summed E-state index contributed by atoms with van der Waals surface area (Å²) in [6, 6.07) is 11.5. The van der Waals surface area contributed by atoms with Crippen molar-refractivity contribution >= 4 is 44.7 Å². The van der Waals surface area contributed by atoms with Crippen molar-refractivity contribution in [2.45, 2.75) is 56.8 Å². The first-order chi connectivity index (χ1) is 17.9. The van der Waals surface area contributed by atoms with Crippen molar-refractivity contribution in [3.63, 3.8) is 0 Å². The molecule has 0 spiro atoms. The third-order valence-electron chi connectivity index (χ3n) is 7.49. The average Bonchev–Trinajstić information content (AvgIpc) is 3.25. The summed E-state index contributed by atoms with van der Waals surface area (Å²) in [4.78, 5) is 31.4. The summed E-state index contributed by atoms with van der Waals surface area (Å²) < 4.78 is 21.7. The second-order valence-corrected chi connectivity index (χ2v) is 13.2. The predicted molar refractivity (Wildman–Crippen MR) is 147 cm³/mol. The summed E-state index contributed by atoms with van der Waals surface area (Å²) in [6.45, 7) is 6.73. The lowest BCUT2D eigenvalue weighted by Crippen LogP contribution is -2.45. The minimum absolute atomic E-state index is 0.0489. The van der Waals surface area contributed by atoms with Crippen molar-refractivity contribution in [2.75, 3.05) is 12.8 Å². The number of halogens is 2. The van der Waals surface area contributed by atoms with E-state index >= 15 is 0 Å². The Kier molecular flexibility index (Phi) is 6.82. The van der Waals surface area contributed by atoms with Gasteiger partial charge in [0, 0.05) is 41.3 Å². The SMILES string of the molecule is C[C@@H]1Cc2nn3c(c2CN1C(=O)c1ccc(Cl)c(Cl)c1)C(=O)N([C@H](C)c1ccc([S@](C)(=N)=O)cc1)C[C@H]3C. The molecule has 11 heteroatoms. The lowest BCUT2D eigenvalue weighted by atomic mass is 9.96. The summed E-state index contributed by atoms with van der Waals surface area (Å²) in [6.07, 6.45) is 1.94. The molecule has 1 aromatic heterocycles. The Morgan fingerprint density at radius 3 is 2.42 bits per heavy atom. The molecule has 2 aliphatic heterocycles. The second-order valence-electron chi connectivity index (χ2n) is 10.2. The molecule has 4 atom stereocenters. The highest BCUT2D eigenvalue weighted by Crippen LogP contribution is 2.35. The molecule has 2 aromatic carbocycles. The van der Waals surface area contributed by atoms with Crippen molar-refractivity contribution in [2.24, 2.45) is 0 Å². The smallest absolute Gasteiger partial charge is 0.273 e. The number of amides is 2. The van der Waals surface area contributed by atoms with Crippen LogP contribution in [0, 0.1) is 4.78 Å². The normalized spacial score (nSPS) is 21.5. The van der Waals surface area contributed by atoms with E-state index in [4.69, 9.17) is 33.1 Å². The molecule has 0 radical (unpaired) electrons. The van der Waals surface area contributed by atoms with Crippen molar-refractivity contribution in [3.05, 3.63) is 80.6 Å². The van der Waals surface area contributed by atoms with E-state index in [0.29, 0.717) is 39.2 Å². The maximum absolute atomic E-state index is 13.9. The molecule has 0 fully saturated rings. The summed E-state index contributed by atoms with van der Waals surface area (Å²) in [5, 5.41) is 5.51. The van der Waals surface area contributed by atoms with Crippen LogP contribution in [0.25, 0.3) is 0 Å². The van der Waals surface area contributed by atoms with Crippen molar-refractivity contribution in [1.82, 2.24) is 19.6 Å². The van der Waals surface area contributed by atoms with Gasteiger partial charge in [-0.2, -0.15) is 5.10 Å². The third-order valence-corrected chi connectivity index (χ3v) is 9.40. The van der Waals surface area contributed by atoms with Crippen molar-refractivity contribution in [1.29, 1.82) is 4.78 Å². The molecule has 3 heterocycles. The van der Waals surface area contributed by atoms with E-state index < -0.39 is 9.73 Å². The number of benzene rings is 2. The van der Waals surface area contributed by atoms with Crippen LogP contribution in [0.4, 0.5) is 0 Å². The van der Waals surface area contributed by atoms with E-state index in [1.165, 1.54) is 6.26 Å². The lowest BCUT2D eigenvalue weighted by molar-refractivity contribution is 0.0574. The first kappa shape index (κ1) is 26.7. The first-order valence-corrected chi connectivity index (χ1v) is 15.1. The maximum Gasteiger partial charge on any atom is 0.273 e. The zero-order valence-electron chi connectivity index (χ0n) is 21.6. The summed E-state index contributed by atoms with van der Waals surface area (Å²) in [5.41, 5.74) is 3.48. The fraction of sp³-hybridized carbons (Fsp3) is 0.370. The van der Waals surface area contributed by atoms with Gasteiger partial charge in [-0.1, -0.05) is 35.3 Å². The molecular weight excluding hydrogens is 545 g/mol. The number of carbonyl (C=O) groups excluding carboxylic acids is 2. The van der Waals surface area contributed by atoms with Crippen LogP contribution in [0.2, 0.25) is 10.0 Å². The standard InChI is InChI=1S/C27H29Cl2N5O3S/c1-15-11-24-21(14-32(15)26(35)19-7-10-22(28)23(29)12-19)25-27(36)33(13-16(2)34(25)31-24)17(3)18-5-8-20(9-6-18)38(4,30)37/h5-10,12,15-17,30H,11,13-14H2,1-4H3/t15-,16-,17-,38-/m1/s1. The molecule has 2 amide bonds. The fourth-order valence-corrected chi connectivity index (χ4v) is 6.23. The highest BCUT2D eigenvalue weighted by molar-refractivity contribution is 7.91. The minimum atomic E-state index is -2.81.